The van der Waals surface area contributed by atoms with E-state index in [2.05, 4.69) is 5.32 Å². The zero-order valence-electron chi connectivity index (χ0n) is 25.2. The molecular weight excluding hydrogens is 628 g/mol. The first-order valence-corrected chi connectivity index (χ1v) is 15.8. The van der Waals surface area contributed by atoms with Gasteiger partial charge in [-0.15, -0.1) is 0 Å². The van der Waals surface area contributed by atoms with Crippen LogP contribution in [0.25, 0.3) is 16.8 Å². The number of esters is 1. The Balaban J connectivity index is 1.23. The summed E-state index contributed by atoms with van der Waals surface area (Å²) in [5.74, 6) is -0.838. The van der Waals surface area contributed by atoms with Crippen molar-refractivity contribution in [1.29, 1.82) is 0 Å². The fraction of sp³-hybridized carbons (Fsp3) is 0.200. The van der Waals surface area contributed by atoms with E-state index in [-0.39, 0.29) is 27.8 Å². The molecule has 0 aliphatic carbocycles. The Labute approximate surface area is 275 Å². The summed E-state index contributed by atoms with van der Waals surface area (Å²) in [7, 11) is 1.52. The summed E-state index contributed by atoms with van der Waals surface area (Å²) in [6.07, 6.45) is 3.14. The number of hydrogen-bond acceptors (Lipinski definition) is 8. The van der Waals surface area contributed by atoms with Crippen LogP contribution in [0.2, 0.25) is 5.02 Å². The van der Waals surface area contributed by atoms with Crippen LogP contribution < -0.4 is 14.8 Å². The minimum Gasteiger partial charge on any atom is -0.493 e. The Morgan fingerprint density at radius 3 is 2.59 bits per heavy atom. The predicted octanol–water partition coefficient (Wildman–Crippen LogP) is 7.71. The van der Waals surface area contributed by atoms with Gasteiger partial charge < -0.3 is 19.5 Å². The summed E-state index contributed by atoms with van der Waals surface area (Å²) >= 11 is 6.89. The lowest BCUT2D eigenvalue weighted by Gasteiger charge is -2.14. The number of nitrogens with zero attached hydrogens (tertiary/aromatic N) is 1. The number of anilines is 1. The molecule has 3 amide bonds. The summed E-state index contributed by atoms with van der Waals surface area (Å²) < 4.78 is 16.8. The topological polar surface area (TPSA) is 111 Å². The number of ether oxygens (including phenoxy) is 3. The first-order valence-electron chi connectivity index (χ1n) is 14.6. The maximum atomic E-state index is 13.1. The van der Waals surface area contributed by atoms with Gasteiger partial charge in [-0.1, -0.05) is 73.5 Å². The number of thioether (sulfide) groups is 1. The first kappa shape index (κ1) is 32.6. The van der Waals surface area contributed by atoms with Gasteiger partial charge in [0.1, 0.15) is 13.2 Å². The molecule has 46 heavy (non-hydrogen) atoms. The van der Waals surface area contributed by atoms with Gasteiger partial charge in [-0.2, -0.15) is 0 Å². The molecule has 1 aliphatic rings. The Kier molecular flexibility index (Phi) is 10.6. The zero-order valence-corrected chi connectivity index (χ0v) is 26.8. The fourth-order valence-electron chi connectivity index (χ4n) is 4.75. The molecule has 0 aromatic heterocycles. The highest BCUT2D eigenvalue weighted by molar-refractivity contribution is 8.18. The highest BCUT2D eigenvalue weighted by atomic mass is 35.5. The van der Waals surface area contributed by atoms with Gasteiger partial charge >= 0.3 is 5.97 Å². The van der Waals surface area contributed by atoms with Crippen LogP contribution in [0.4, 0.5) is 10.5 Å². The number of halogens is 1. The van der Waals surface area contributed by atoms with Crippen molar-refractivity contribution in [2.24, 2.45) is 0 Å². The lowest BCUT2D eigenvalue weighted by atomic mass is 10.1. The van der Waals surface area contributed by atoms with Gasteiger partial charge in [0, 0.05) is 5.69 Å². The van der Waals surface area contributed by atoms with Gasteiger partial charge in [0.2, 0.25) is 5.91 Å². The molecule has 0 bridgehead atoms. The lowest BCUT2D eigenvalue weighted by molar-refractivity contribution is -0.127. The van der Waals surface area contributed by atoms with Crippen molar-refractivity contribution in [1.82, 2.24) is 4.90 Å². The third kappa shape index (κ3) is 7.70. The molecule has 11 heteroatoms. The second-order valence-electron chi connectivity index (χ2n) is 10.3. The maximum Gasteiger partial charge on any atom is 0.339 e. The number of benzene rings is 4. The highest BCUT2D eigenvalue weighted by Crippen LogP contribution is 2.35. The molecule has 1 saturated heterocycles. The molecule has 0 saturated carbocycles. The summed E-state index contributed by atoms with van der Waals surface area (Å²) in [4.78, 5) is 52.0. The van der Waals surface area contributed by atoms with Crippen molar-refractivity contribution < 1.29 is 33.4 Å². The Hall–Kier alpha value is -4.80. The summed E-state index contributed by atoms with van der Waals surface area (Å²) in [6, 6.07) is 23.7. The van der Waals surface area contributed by atoms with Crippen molar-refractivity contribution in [3.05, 3.63) is 105 Å². The number of amides is 3. The second-order valence-corrected chi connectivity index (χ2v) is 11.7. The average Bonchev–Trinajstić information content (AvgIpc) is 3.31. The number of unbranched alkanes of at least 4 members (excludes halogenated alkanes) is 1. The van der Waals surface area contributed by atoms with Crippen LogP contribution in [0.3, 0.4) is 0 Å². The molecule has 4 aromatic carbocycles. The second kappa shape index (κ2) is 15.0. The van der Waals surface area contributed by atoms with Gasteiger partial charge in [-0.05, 0) is 76.5 Å². The monoisotopic (exact) mass is 658 g/mol. The zero-order chi connectivity index (χ0) is 32.6. The van der Waals surface area contributed by atoms with Gasteiger partial charge in [0.05, 0.1) is 29.2 Å². The Bertz CT molecular complexity index is 1840. The number of hydrogen-bond donors (Lipinski definition) is 1. The van der Waals surface area contributed by atoms with E-state index < -0.39 is 29.6 Å². The Morgan fingerprint density at radius 1 is 0.978 bits per heavy atom. The average molecular weight is 659 g/mol. The van der Waals surface area contributed by atoms with Crippen molar-refractivity contribution in [2.75, 3.05) is 25.6 Å². The molecule has 0 radical (unpaired) electrons. The number of carbonyl (C=O) groups is 4. The fourth-order valence-corrected chi connectivity index (χ4v) is 5.78. The molecule has 0 spiro atoms. The summed E-state index contributed by atoms with van der Waals surface area (Å²) in [5, 5.41) is 4.43. The number of fused-ring (bicyclic) bond motifs is 1. The number of nitrogens with one attached hydrogen (secondary N) is 1. The Morgan fingerprint density at radius 2 is 1.78 bits per heavy atom. The van der Waals surface area contributed by atoms with E-state index in [4.69, 9.17) is 25.8 Å². The number of imide groups is 1. The molecule has 9 nitrogen and oxygen atoms in total. The van der Waals surface area contributed by atoms with Crippen molar-refractivity contribution in [2.45, 2.75) is 26.4 Å². The minimum atomic E-state index is -0.620. The van der Waals surface area contributed by atoms with E-state index in [0.29, 0.717) is 30.1 Å². The molecule has 1 aliphatic heterocycles. The highest BCUT2D eigenvalue weighted by Gasteiger charge is 2.36. The molecule has 236 valence electrons. The van der Waals surface area contributed by atoms with E-state index in [1.165, 1.54) is 25.3 Å². The molecule has 4 aromatic rings. The molecule has 1 fully saturated rings. The van der Waals surface area contributed by atoms with Crippen LogP contribution in [0.1, 0.15) is 41.3 Å². The molecule has 5 rings (SSSR count). The SMILES string of the molecule is CCCCOC(=O)c1cc(NC(=O)CN2C(=O)S/C(=C/c3ccc(OCc4cccc5ccccc45)c(OC)c3)C2=O)ccc1Cl. The number of methoxy groups -OCH3 is 1. The van der Waals surface area contributed by atoms with E-state index >= 15 is 0 Å². The molecule has 0 unspecified atom stereocenters. The summed E-state index contributed by atoms with van der Waals surface area (Å²) in [5.41, 5.74) is 2.02. The van der Waals surface area contributed by atoms with Crippen LogP contribution in [-0.4, -0.2) is 48.2 Å². The summed E-state index contributed by atoms with van der Waals surface area (Å²) in [6.45, 7) is 2.05. The van der Waals surface area contributed by atoms with Crippen molar-refractivity contribution in [3.8, 4) is 11.5 Å². The lowest BCUT2D eigenvalue weighted by Crippen LogP contribution is -2.36. The van der Waals surface area contributed by atoms with Crippen LogP contribution in [0, 0.1) is 0 Å². The smallest absolute Gasteiger partial charge is 0.339 e. The standard InChI is InChI=1S/C35H31ClN2O7S/c1-3-4-16-44-34(41)27-19-25(13-14-28(27)36)37-32(39)20-38-33(40)31(46-35(38)42)18-22-12-15-29(30(17-22)43-2)45-21-24-10-7-9-23-8-5-6-11-26(23)24/h5-15,17-19H,3-4,16,20-21H2,1-2H3,(H,37,39)/b31-18+. The van der Waals surface area contributed by atoms with E-state index in [1.807, 2.05) is 49.4 Å². The third-order valence-corrected chi connectivity index (χ3v) is 8.36. The van der Waals surface area contributed by atoms with Crippen LogP contribution in [0.15, 0.2) is 83.8 Å². The molecule has 0 atom stereocenters. The van der Waals surface area contributed by atoms with Crippen molar-refractivity contribution >= 4 is 68.9 Å². The molecule has 1 heterocycles. The minimum absolute atomic E-state index is 0.102. The number of rotatable bonds is 12. The maximum absolute atomic E-state index is 13.1. The van der Waals surface area contributed by atoms with Gasteiger partial charge in [0.25, 0.3) is 11.1 Å². The number of carbonyl (C=O) groups excluding carboxylic acids is 4. The van der Waals surface area contributed by atoms with E-state index in [9.17, 15) is 19.2 Å². The first-order chi connectivity index (χ1) is 22.3. The van der Waals surface area contributed by atoms with Gasteiger partial charge in [0.15, 0.2) is 11.5 Å². The van der Waals surface area contributed by atoms with Crippen LogP contribution in [0.5, 0.6) is 11.5 Å². The normalized spacial score (nSPS) is 13.7. The third-order valence-electron chi connectivity index (χ3n) is 7.12. The van der Waals surface area contributed by atoms with E-state index in [0.717, 1.165) is 39.4 Å². The quantitative estimate of drug-likeness (QED) is 0.0936. The molecule has 1 N–H and O–H groups in total. The largest absolute Gasteiger partial charge is 0.493 e. The van der Waals surface area contributed by atoms with Gasteiger partial charge in [-0.25, -0.2) is 4.79 Å². The van der Waals surface area contributed by atoms with Crippen LogP contribution in [-0.2, 0) is 20.9 Å². The van der Waals surface area contributed by atoms with Crippen LogP contribution >= 0.6 is 23.4 Å². The molecular formula is C35H31ClN2O7S. The van der Waals surface area contributed by atoms with E-state index in [1.54, 1.807) is 24.3 Å². The predicted molar refractivity (Wildman–Crippen MR) is 179 cm³/mol. The van der Waals surface area contributed by atoms with Crippen molar-refractivity contribution in [3.63, 3.8) is 0 Å². The van der Waals surface area contributed by atoms with Gasteiger partial charge in [-0.3, -0.25) is 19.3 Å².